The minimum absolute atomic E-state index is 0.00258. The quantitative estimate of drug-likeness (QED) is 0.488. The molecule has 1 amide bonds. The van der Waals surface area contributed by atoms with Crippen molar-refractivity contribution in [3.63, 3.8) is 0 Å². The maximum absolute atomic E-state index is 12.7. The highest BCUT2D eigenvalue weighted by Gasteiger charge is 2.24. The lowest BCUT2D eigenvalue weighted by Gasteiger charge is -2.36. The Morgan fingerprint density at radius 3 is 2.36 bits per heavy atom. The number of nitrogens with one attached hydrogen (secondary N) is 1. The molecular formula is C25H31N5O2S. The normalized spacial score (nSPS) is 15.5. The molecule has 0 aliphatic carbocycles. The molecule has 174 valence electrons. The van der Waals surface area contributed by atoms with E-state index in [0.717, 1.165) is 43.4 Å². The summed E-state index contributed by atoms with van der Waals surface area (Å²) in [5, 5.41) is 12.7. The second kappa shape index (κ2) is 11.4. The standard InChI is InChI=1S/C25H31N5O2S/c1-19(2)22(29-13-15-32-16-14-29)17-26-23(31)18-33-25-28-27-24(20-9-5-3-6-10-20)30(25)21-11-7-4-8-12-21/h3-12,19,22H,13-18H2,1-2H3,(H,26,31). The number of benzene rings is 2. The molecule has 1 unspecified atom stereocenters. The minimum Gasteiger partial charge on any atom is -0.379 e. The molecule has 4 rings (SSSR count). The molecule has 0 spiro atoms. The first kappa shape index (κ1) is 23.5. The van der Waals surface area contributed by atoms with Gasteiger partial charge >= 0.3 is 0 Å². The van der Waals surface area contributed by atoms with Gasteiger partial charge in [-0.15, -0.1) is 10.2 Å². The molecule has 0 bridgehead atoms. The van der Waals surface area contributed by atoms with Crippen LogP contribution in [0.3, 0.4) is 0 Å². The molecule has 1 aliphatic rings. The first-order chi connectivity index (χ1) is 16.1. The molecule has 1 aromatic heterocycles. The van der Waals surface area contributed by atoms with Gasteiger partial charge in [-0.3, -0.25) is 14.3 Å². The maximum Gasteiger partial charge on any atom is 0.230 e. The molecule has 8 heteroatoms. The Hall–Kier alpha value is -2.68. The fraction of sp³-hybridized carbons (Fsp3) is 0.400. The van der Waals surface area contributed by atoms with E-state index in [9.17, 15) is 4.79 Å². The van der Waals surface area contributed by atoms with Crippen molar-refractivity contribution in [2.24, 2.45) is 5.92 Å². The van der Waals surface area contributed by atoms with E-state index in [1.165, 1.54) is 11.8 Å². The van der Waals surface area contributed by atoms with Crippen LogP contribution in [0.5, 0.6) is 0 Å². The van der Waals surface area contributed by atoms with Crippen molar-refractivity contribution in [1.82, 2.24) is 25.0 Å². The van der Waals surface area contributed by atoms with E-state index in [4.69, 9.17) is 4.74 Å². The summed E-state index contributed by atoms with van der Waals surface area (Å²) >= 11 is 1.40. The number of hydrogen-bond acceptors (Lipinski definition) is 6. The number of carbonyl (C=O) groups excluding carboxylic acids is 1. The van der Waals surface area contributed by atoms with Gasteiger partial charge in [-0.2, -0.15) is 0 Å². The molecule has 2 heterocycles. The zero-order valence-corrected chi connectivity index (χ0v) is 20.0. The smallest absolute Gasteiger partial charge is 0.230 e. The van der Waals surface area contributed by atoms with Crippen LogP contribution in [0.2, 0.25) is 0 Å². The second-order valence-corrected chi connectivity index (χ2v) is 9.34. The highest BCUT2D eigenvalue weighted by Crippen LogP contribution is 2.27. The van der Waals surface area contributed by atoms with Gasteiger partial charge in [-0.05, 0) is 18.1 Å². The number of aromatic nitrogens is 3. The SMILES string of the molecule is CC(C)C(CNC(=O)CSc1nnc(-c2ccccc2)n1-c1ccccc1)N1CCOCC1. The van der Waals surface area contributed by atoms with Crippen LogP contribution in [-0.2, 0) is 9.53 Å². The molecule has 7 nitrogen and oxygen atoms in total. The average molecular weight is 466 g/mol. The van der Waals surface area contributed by atoms with E-state index in [-0.39, 0.29) is 11.7 Å². The molecule has 1 aliphatic heterocycles. The van der Waals surface area contributed by atoms with Gasteiger partial charge in [0.2, 0.25) is 5.91 Å². The summed E-state index contributed by atoms with van der Waals surface area (Å²) in [7, 11) is 0. The Kier molecular flexibility index (Phi) is 8.15. The highest BCUT2D eigenvalue weighted by atomic mass is 32.2. The molecule has 0 radical (unpaired) electrons. The number of rotatable bonds is 9. The summed E-state index contributed by atoms with van der Waals surface area (Å²) in [5.41, 5.74) is 1.95. The van der Waals surface area contributed by atoms with Gasteiger partial charge in [0.1, 0.15) is 0 Å². The summed E-state index contributed by atoms with van der Waals surface area (Å²) < 4.78 is 7.49. The van der Waals surface area contributed by atoms with Gasteiger partial charge in [0.25, 0.3) is 0 Å². The van der Waals surface area contributed by atoms with Gasteiger partial charge in [0.05, 0.1) is 19.0 Å². The van der Waals surface area contributed by atoms with Gasteiger partial charge < -0.3 is 10.1 Å². The molecule has 1 N–H and O–H groups in total. The van der Waals surface area contributed by atoms with Crippen molar-refractivity contribution in [2.75, 3.05) is 38.6 Å². The lowest BCUT2D eigenvalue weighted by molar-refractivity contribution is -0.119. The van der Waals surface area contributed by atoms with Crippen molar-refractivity contribution in [3.05, 3.63) is 60.7 Å². The zero-order chi connectivity index (χ0) is 23.0. The highest BCUT2D eigenvalue weighted by molar-refractivity contribution is 7.99. The maximum atomic E-state index is 12.7. The van der Waals surface area contributed by atoms with Crippen molar-refractivity contribution in [2.45, 2.75) is 25.0 Å². The summed E-state index contributed by atoms with van der Waals surface area (Å²) in [6.07, 6.45) is 0. The predicted molar refractivity (Wildman–Crippen MR) is 132 cm³/mol. The second-order valence-electron chi connectivity index (χ2n) is 8.40. The van der Waals surface area contributed by atoms with Crippen molar-refractivity contribution in [3.8, 4) is 17.1 Å². The van der Waals surface area contributed by atoms with Crippen LogP contribution in [0.15, 0.2) is 65.8 Å². The van der Waals surface area contributed by atoms with Gasteiger partial charge in [-0.1, -0.05) is 74.1 Å². The molecular weight excluding hydrogens is 434 g/mol. The van der Waals surface area contributed by atoms with Crippen LogP contribution >= 0.6 is 11.8 Å². The molecule has 1 saturated heterocycles. The fourth-order valence-electron chi connectivity index (χ4n) is 4.04. The van der Waals surface area contributed by atoms with Crippen LogP contribution in [0.25, 0.3) is 17.1 Å². The average Bonchev–Trinajstić information content (AvgIpc) is 3.28. The van der Waals surface area contributed by atoms with Crippen LogP contribution in [0, 0.1) is 5.92 Å². The Balaban J connectivity index is 1.43. The molecule has 1 atom stereocenters. The molecule has 3 aromatic rings. The van der Waals surface area contributed by atoms with Crippen LogP contribution in [0.4, 0.5) is 0 Å². The topological polar surface area (TPSA) is 72.3 Å². The van der Waals surface area contributed by atoms with E-state index >= 15 is 0 Å². The van der Waals surface area contributed by atoms with Crippen LogP contribution in [-0.4, -0.2) is 70.2 Å². The van der Waals surface area contributed by atoms with Crippen LogP contribution in [0.1, 0.15) is 13.8 Å². The Bertz CT molecular complexity index is 1020. The number of thioether (sulfide) groups is 1. The van der Waals surface area contributed by atoms with E-state index in [1.807, 2.05) is 65.2 Å². The fourth-order valence-corrected chi connectivity index (χ4v) is 4.82. The number of carbonyl (C=O) groups is 1. The lowest BCUT2D eigenvalue weighted by atomic mass is 10.0. The van der Waals surface area contributed by atoms with E-state index < -0.39 is 0 Å². The Morgan fingerprint density at radius 1 is 1.03 bits per heavy atom. The van der Waals surface area contributed by atoms with E-state index in [1.54, 1.807) is 0 Å². The van der Waals surface area contributed by atoms with Gasteiger partial charge in [-0.25, -0.2) is 0 Å². The van der Waals surface area contributed by atoms with E-state index in [0.29, 0.717) is 23.7 Å². The van der Waals surface area contributed by atoms with Crippen molar-refractivity contribution < 1.29 is 9.53 Å². The first-order valence-electron chi connectivity index (χ1n) is 11.4. The number of morpholine rings is 1. The minimum atomic E-state index is 0.00258. The Labute approximate surface area is 199 Å². The van der Waals surface area contributed by atoms with Crippen molar-refractivity contribution >= 4 is 17.7 Å². The number of ether oxygens (including phenoxy) is 1. The largest absolute Gasteiger partial charge is 0.379 e. The molecule has 0 saturated carbocycles. The molecule has 2 aromatic carbocycles. The first-order valence-corrected chi connectivity index (χ1v) is 12.4. The zero-order valence-electron chi connectivity index (χ0n) is 19.2. The molecule has 1 fully saturated rings. The predicted octanol–water partition coefficient (Wildman–Crippen LogP) is 3.50. The monoisotopic (exact) mass is 465 g/mol. The lowest BCUT2D eigenvalue weighted by Crippen LogP contribution is -2.51. The number of hydrogen-bond donors (Lipinski definition) is 1. The van der Waals surface area contributed by atoms with E-state index in [2.05, 4.69) is 34.3 Å². The third-order valence-corrected chi connectivity index (χ3v) is 6.73. The number of amides is 1. The van der Waals surface area contributed by atoms with Gasteiger partial charge in [0, 0.05) is 36.9 Å². The summed E-state index contributed by atoms with van der Waals surface area (Å²) in [6.45, 7) is 8.38. The molecule has 33 heavy (non-hydrogen) atoms. The van der Waals surface area contributed by atoms with Gasteiger partial charge in [0.15, 0.2) is 11.0 Å². The third kappa shape index (κ3) is 6.01. The number of nitrogens with zero attached hydrogens (tertiary/aromatic N) is 4. The summed E-state index contributed by atoms with van der Waals surface area (Å²) in [6, 6.07) is 20.3. The summed E-state index contributed by atoms with van der Waals surface area (Å²) in [5.74, 6) is 1.50. The Morgan fingerprint density at radius 2 is 1.70 bits per heavy atom. The summed E-state index contributed by atoms with van der Waals surface area (Å²) in [4.78, 5) is 15.1. The third-order valence-electron chi connectivity index (χ3n) is 5.80. The van der Waals surface area contributed by atoms with Crippen LogP contribution < -0.4 is 5.32 Å². The number of para-hydroxylation sites is 1. The van der Waals surface area contributed by atoms with Crippen molar-refractivity contribution in [1.29, 1.82) is 0 Å².